The fourth-order valence-electron chi connectivity index (χ4n) is 2.32. The molecule has 2 rings (SSSR count). The van der Waals surface area contributed by atoms with Crippen LogP contribution in [0.4, 0.5) is 4.79 Å². The van der Waals surface area contributed by atoms with Crippen LogP contribution in [0.25, 0.3) is 0 Å². The van der Waals surface area contributed by atoms with Crippen molar-refractivity contribution in [3.05, 3.63) is 0 Å². The second-order valence-electron chi connectivity index (χ2n) is 4.90. The number of methoxy groups -OCH3 is 1. The molecule has 122 valence electrons. The lowest BCUT2D eigenvalue weighted by Gasteiger charge is -2.33. The van der Waals surface area contributed by atoms with E-state index < -0.39 is 12.1 Å². The molecule has 1 N–H and O–H groups in total. The fourth-order valence-corrected chi connectivity index (χ4v) is 3.02. The van der Waals surface area contributed by atoms with Crippen LogP contribution < -0.4 is 5.32 Å². The molecule has 1 aliphatic heterocycles. The summed E-state index contributed by atoms with van der Waals surface area (Å²) in [4.78, 5) is 25.4. The first kappa shape index (κ1) is 16.5. The molecule has 10 heteroatoms. The lowest BCUT2D eigenvalue weighted by atomic mass is 10.0. The first-order valence-electron chi connectivity index (χ1n) is 7.11. The smallest absolute Gasteiger partial charge is 0.410 e. The Labute approximate surface area is 132 Å². The molecular weight excluding hydrogens is 308 g/mol. The minimum atomic E-state index is -0.445. The van der Waals surface area contributed by atoms with Crippen molar-refractivity contribution in [1.82, 2.24) is 30.4 Å². The maximum Gasteiger partial charge on any atom is 0.410 e. The van der Waals surface area contributed by atoms with Gasteiger partial charge in [0.15, 0.2) is 0 Å². The highest BCUT2D eigenvalue weighted by molar-refractivity contribution is 7.99. The van der Waals surface area contributed by atoms with Gasteiger partial charge in [-0.15, -0.1) is 5.10 Å². The van der Waals surface area contributed by atoms with Crippen molar-refractivity contribution in [2.24, 2.45) is 7.05 Å². The van der Waals surface area contributed by atoms with Gasteiger partial charge in [-0.3, -0.25) is 9.69 Å². The highest BCUT2D eigenvalue weighted by atomic mass is 32.2. The molecule has 22 heavy (non-hydrogen) atoms. The van der Waals surface area contributed by atoms with E-state index >= 15 is 0 Å². The van der Waals surface area contributed by atoms with Crippen molar-refractivity contribution in [2.45, 2.75) is 30.5 Å². The number of amides is 2. The van der Waals surface area contributed by atoms with Gasteiger partial charge < -0.3 is 10.1 Å². The predicted molar refractivity (Wildman–Crippen MR) is 79.3 cm³/mol. The third-order valence-corrected chi connectivity index (χ3v) is 4.44. The van der Waals surface area contributed by atoms with Crippen LogP contribution in [-0.4, -0.2) is 69.1 Å². The molecule has 0 radical (unpaired) electrons. The summed E-state index contributed by atoms with van der Waals surface area (Å²) in [6.07, 6.45) is 2.06. The van der Waals surface area contributed by atoms with Crippen LogP contribution in [0, 0.1) is 0 Å². The van der Waals surface area contributed by atoms with Crippen molar-refractivity contribution < 1.29 is 14.3 Å². The van der Waals surface area contributed by atoms with Crippen molar-refractivity contribution in [3.63, 3.8) is 0 Å². The first-order valence-corrected chi connectivity index (χ1v) is 8.09. The van der Waals surface area contributed by atoms with E-state index in [1.807, 2.05) is 0 Å². The Morgan fingerprint density at radius 1 is 1.45 bits per heavy atom. The molecule has 9 nitrogen and oxygen atoms in total. The van der Waals surface area contributed by atoms with Gasteiger partial charge in [0.1, 0.15) is 6.04 Å². The average molecular weight is 328 g/mol. The molecule has 2 amide bonds. The molecule has 1 aromatic rings. The van der Waals surface area contributed by atoms with Gasteiger partial charge in [0, 0.05) is 25.9 Å². The third-order valence-electron chi connectivity index (χ3n) is 3.43. The van der Waals surface area contributed by atoms with E-state index in [0.717, 1.165) is 12.8 Å². The second-order valence-corrected chi connectivity index (χ2v) is 5.96. The minimum Gasteiger partial charge on any atom is -0.453 e. The molecular formula is C12H20N6O3S. The van der Waals surface area contributed by atoms with Crippen molar-refractivity contribution >= 4 is 23.8 Å². The molecule has 0 spiro atoms. The first-order chi connectivity index (χ1) is 10.6. The largest absolute Gasteiger partial charge is 0.453 e. The third kappa shape index (κ3) is 4.09. The molecule has 1 saturated heterocycles. The molecule has 1 aliphatic rings. The van der Waals surface area contributed by atoms with Crippen molar-refractivity contribution in [2.75, 3.05) is 26.0 Å². The number of carbonyl (C=O) groups is 2. The highest BCUT2D eigenvalue weighted by Crippen LogP contribution is 2.18. The van der Waals surface area contributed by atoms with E-state index in [4.69, 9.17) is 4.74 Å². The van der Waals surface area contributed by atoms with E-state index in [-0.39, 0.29) is 5.91 Å². The number of piperidine rings is 1. The average Bonchev–Trinajstić information content (AvgIpc) is 2.95. The second kappa shape index (κ2) is 7.97. The monoisotopic (exact) mass is 328 g/mol. The zero-order chi connectivity index (χ0) is 15.9. The lowest BCUT2D eigenvalue weighted by molar-refractivity contribution is -0.126. The van der Waals surface area contributed by atoms with Crippen LogP contribution in [0.3, 0.4) is 0 Å². The van der Waals surface area contributed by atoms with Crippen LogP contribution in [0.2, 0.25) is 0 Å². The molecule has 0 aliphatic carbocycles. The lowest BCUT2D eigenvalue weighted by Crippen LogP contribution is -2.52. The SMILES string of the molecule is COC(=O)N1CCCC[C@@H]1C(=O)NCCSc1nnnn1C. The summed E-state index contributed by atoms with van der Waals surface area (Å²) in [7, 11) is 3.09. The van der Waals surface area contributed by atoms with Gasteiger partial charge in [-0.25, -0.2) is 9.48 Å². The van der Waals surface area contributed by atoms with E-state index in [9.17, 15) is 9.59 Å². The Hall–Kier alpha value is -1.84. The number of aryl methyl sites for hydroxylation is 1. The van der Waals surface area contributed by atoms with Crippen LogP contribution in [0.15, 0.2) is 5.16 Å². The number of aromatic nitrogens is 4. The quantitative estimate of drug-likeness (QED) is 0.601. The van der Waals surface area contributed by atoms with Crippen molar-refractivity contribution in [1.29, 1.82) is 0 Å². The maximum absolute atomic E-state index is 12.2. The number of ether oxygens (including phenoxy) is 1. The number of carbonyl (C=O) groups excluding carboxylic acids is 2. The summed E-state index contributed by atoms with van der Waals surface area (Å²) in [5.74, 6) is 0.520. The topological polar surface area (TPSA) is 102 Å². The zero-order valence-electron chi connectivity index (χ0n) is 12.7. The fraction of sp³-hybridized carbons (Fsp3) is 0.750. The number of tetrazole rings is 1. The Kier molecular flexibility index (Phi) is 5.99. The van der Waals surface area contributed by atoms with E-state index in [1.54, 1.807) is 11.7 Å². The Balaban J connectivity index is 1.78. The number of hydrogen-bond acceptors (Lipinski definition) is 7. The number of hydrogen-bond donors (Lipinski definition) is 1. The summed E-state index contributed by atoms with van der Waals surface area (Å²) in [6.45, 7) is 1.05. The highest BCUT2D eigenvalue weighted by Gasteiger charge is 2.32. The van der Waals surface area contributed by atoms with Gasteiger partial charge in [-0.1, -0.05) is 11.8 Å². The number of rotatable bonds is 5. The Bertz CT molecular complexity index is 523. The molecule has 1 atom stereocenters. The molecule has 1 fully saturated rings. The number of likely N-dealkylation sites (tertiary alicyclic amines) is 1. The van der Waals surface area contributed by atoms with Gasteiger partial charge in [-0.2, -0.15) is 0 Å². The van der Waals surface area contributed by atoms with Gasteiger partial charge in [0.2, 0.25) is 11.1 Å². The van der Waals surface area contributed by atoms with Gasteiger partial charge >= 0.3 is 6.09 Å². The maximum atomic E-state index is 12.2. The summed E-state index contributed by atoms with van der Waals surface area (Å²) in [5.41, 5.74) is 0. The predicted octanol–water partition coefficient (Wildman–Crippen LogP) is 0.0393. The van der Waals surface area contributed by atoms with Gasteiger partial charge in [-0.05, 0) is 29.7 Å². The Morgan fingerprint density at radius 2 is 2.27 bits per heavy atom. The van der Waals surface area contributed by atoms with E-state index in [1.165, 1.54) is 23.8 Å². The molecule has 0 unspecified atom stereocenters. The van der Waals surface area contributed by atoms with E-state index in [0.29, 0.717) is 30.4 Å². The molecule has 0 bridgehead atoms. The minimum absolute atomic E-state index is 0.137. The van der Waals surface area contributed by atoms with Crippen molar-refractivity contribution in [3.8, 4) is 0 Å². The van der Waals surface area contributed by atoms with Gasteiger partial charge in [0.05, 0.1) is 7.11 Å². The standard InChI is InChI=1S/C12H20N6O3S/c1-17-11(14-15-16-17)22-8-6-13-10(19)9-5-3-4-7-18(9)12(20)21-2/h9H,3-8H2,1-2H3,(H,13,19)/t9-/m1/s1. The van der Waals surface area contributed by atoms with Crippen LogP contribution in [-0.2, 0) is 16.6 Å². The number of thioether (sulfide) groups is 1. The summed E-state index contributed by atoms with van der Waals surface area (Å²) < 4.78 is 6.31. The van der Waals surface area contributed by atoms with Crippen LogP contribution in [0.5, 0.6) is 0 Å². The number of nitrogens with zero attached hydrogens (tertiary/aromatic N) is 5. The molecule has 1 aromatic heterocycles. The van der Waals surface area contributed by atoms with E-state index in [2.05, 4.69) is 20.8 Å². The molecule has 0 aromatic carbocycles. The summed E-state index contributed by atoms with van der Waals surface area (Å²) >= 11 is 1.46. The summed E-state index contributed by atoms with van der Waals surface area (Å²) in [5, 5.41) is 14.7. The molecule has 0 saturated carbocycles. The van der Waals surface area contributed by atoms with Crippen LogP contribution in [0.1, 0.15) is 19.3 Å². The van der Waals surface area contributed by atoms with Gasteiger partial charge in [0.25, 0.3) is 0 Å². The zero-order valence-corrected chi connectivity index (χ0v) is 13.5. The normalized spacial score (nSPS) is 18.1. The summed E-state index contributed by atoms with van der Waals surface area (Å²) in [6, 6.07) is -0.442. The molecule has 2 heterocycles. The number of nitrogens with one attached hydrogen (secondary N) is 1. The Morgan fingerprint density at radius 3 is 2.95 bits per heavy atom. The van der Waals surface area contributed by atoms with Crippen LogP contribution >= 0.6 is 11.8 Å².